The van der Waals surface area contributed by atoms with Crippen molar-refractivity contribution in [2.45, 2.75) is 60.2 Å². The Morgan fingerprint density at radius 1 is 1.04 bits per heavy atom. The van der Waals surface area contributed by atoms with Gasteiger partial charge in [0, 0.05) is 31.7 Å². The molecule has 13 heteroatoms. The number of ether oxygens (including phenoxy) is 1. The average Bonchev–Trinajstić information content (AvgIpc) is 3.72. The summed E-state index contributed by atoms with van der Waals surface area (Å²) in [6.45, 7) is 10.3. The molecule has 0 aliphatic rings. The highest BCUT2D eigenvalue weighted by Crippen LogP contribution is 2.28. The number of aromatic nitrogens is 6. The van der Waals surface area contributed by atoms with Gasteiger partial charge in [-0.1, -0.05) is 6.07 Å². The van der Waals surface area contributed by atoms with Crippen LogP contribution in [0, 0.1) is 6.92 Å². The minimum atomic E-state index is -0.541. The summed E-state index contributed by atoms with van der Waals surface area (Å²) in [6, 6.07) is 12.7. The molecular formula is C33H40N10O3. The van der Waals surface area contributed by atoms with Crippen molar-refractivity contribution in [3.05, 3.63) is 71.3 Å². The van der Waals surface area contributed by atoms with E-state index in [0.29, 0.717) is 42.4 Å². The molecule has 0 unspecified atom stereocenters. The van der Waals surface area contributed by atoms with E-state index in [-0.39, 0.29) is 5.91 Å². The number of nitrogens with one attached hydrogen (secondary N) is 2. The number of rotatable bonds is 14. The van der Waals surface area contributed by atoms with E-state index in [1.807, 2.05) is 68.7 Å². The number of allylic oxidation sites excluding steroid dienone is 1. The van der Waals surface area contributed by atoms with Crippen LogP contribution in [0.4, 0.5) is 5.95 Å². The van der Waals surface area contributed by atoms with Crippen molar-refractivity contribution in [1.82, 2.24) is 34.3 Å². The number of benzene rings is 2. The second kappa shape index (κ2) is 14.1. The Bertz CT molecular complexity index is 1950. The topological polar surface area (TPSA) is 159 Å². The number of anilines is 1. The zero-order chi connectivity index (χ0) is 32.8. The number of carbonyl (C=O) groups is 2. The van der Waals surface area contributed by atoms with Crippen LogP contribution in [0.15, 0.2) is 53.6 Å². The van der Waals surface area contributed by atoms with Gasteiger partial charge < -0.3 is 25.0 Å². The molecule has 3 heterocycles. The third kappa shape index (κ3) is 6.77. The van der Waals surface area contributed by atoms with E-state index in [2.05, 4.69) is 30.5 Å². The number of nitrogens with zero attached hydrogens (tertiary/aromatic N) is 7. The summed E-state index contributed by atoms with van der Waals surface area (Å²) in [5.41, 5.74) is 14.0. The molecule has 0 radical (unpaired) electrons. The molecule has 2 aromatic carbocycles. The van der Waals surface area contributed by atoms with Crippen molar-refractivity contribution < 1.29 is 14.3 Å². The van der Waals surface area contributed by atoms with E-state index < -0.39 is 5.91 Å². The molecule has 0 fully saturated rings. The molecule has 13 nitrogen and oxygen atoms in total. The number of primary amides is 1. The van der Waals surface area contributed by atoms with Crippen molar-refractivity contribution >= 4 is 51.6 Å². The number of nitrogens with two attached hydrogens (primary N) is 1. The Morgan fingerprint density at radius 3 is 2.54 bits per heavy atom. The second-order valence-corrected chi connectivity index (χ2v) is 10.9. The lowest BCUT2D eigenvalue weighted by Gasteiger charge is -2.12. The second-order valence-electron chi connectivity index (χ2n) is 10.9. The van der Waals surface area contributed by atoms with Crippen LogP contribution in [-0.2, 0) is 19.6 Å². The van der Waals surface area contributed by atoms with Gasteiger partial charge in [-0.3, -0.25) is 19.6 Å². The molecule has 46 heavy (non-hydrogen) atoms. The van der Waals surface area contributed by atoms with E-state index in [4.69, 9.17) is 15.5 Å². The fourth-order valence-corrected chi connectivity index (χ4v) is 5.40. The molecule has 0 saturated carbocycles. The predicted octanol–water partition coefficient (Wildman–Crippen LogP) is 4.75. The van der Waals surface area contributed by atoms with Crippen LogP contribution < -0.4 is 21.2 Å². The number of carbonyl (C=O) groups excluding carboxylic acids is 2. The normalized spacial score (nSPS) is 12.0. The van der Waals surface area contributed by atoms with Crippen molar-refractivity contribution in [3.8, 4) is 5.75 Å². The van der Waals surface area contributed by atoms with E-state index in [9.17, 15) is 9.59 Å². The van der Waals surface area contributed by atoms with Gasteiger partial charge >= 0.3 is 0 Å². The van der Waals surface area contributed by atoms with Crippen molar-refractivity contribution in [2.75, 3.05) is 19.0 Å². The number of hydrogen-bond donors (Lipinski definition) is 3. The molecule has 0 spiro atoms. The van der Waals surface area contributed by atoms with Gasteiger partial charge in [-0.15, -0.1) is 0 Å². The number of hydrazone groups is 1. The van der Waals surface area contributed by atoms with Gasteiger partial charge in [-0.2, -0.15) is 10.2 Å². The Labute approximate surface area is 267 Å². The fourth-order valence-electron chi connectivity index (χ4n) is 5.40. The largest absolute Gasteiger partial charge is 0.494 e. The maximum Gasteiger partial charge on any atom is 0.276 e. The summed E-state index contributed by atoms with van der Waals surface area (Å²) >= 11 is 0. The predicted molar refractivity (Wildman–Crippen MR) is 180 cm³/mol. The highest BCUT2D eigenvalue weighted by molar-refractivity contribution is 6.03. The summed E-state index contributed by atoms with van der Waals surface area (Å²) in [7, 11) is 1.66. The van der Waals surface area contributed by atoms with Crippen LogP contribution in [0.2, 0.25) is 0 Å². The first-order valence-electron chi connectivity index (χ1n) is 15.4. The zero-order valence-electron chi connectivity index (χ0n) is 26.9. The smallest absolute Gasteiger partial charge is 0.276 e. The summed E-state index contributed by atoms with van der Waals surface area (Å²) in [5, 5.41) is 11.7. The summed E-state index contributed by atoms with van der Waals surface area (Å²) < 4.78 is 11.5. The van der Waals surface area contributed by atoms with Gasteiger partial charge in [0.2, 0.25) is 11.9 Å². The lowest BCUT2D eigenvalue weighted by Crippen LogP contribution is -2.20. The number of amides is 2. The monoisotopic (exact) mass is 624 g/mol. The Hall–Kier alpha value is -5.46. The van der Waals surface area contributed by atoms with Gasteiger partial charge in [0.1, 0.15) is 22.8 Å². The molecule has 3 aromatic heterocycles. The summed E-state index contributed by atoms with van der Waals surface area (Å²) in [5.74, 6) is 1.08. The van der Waals surface area contributed by atoms with E-state index in [1.165, 1.54) is 0 Å². The third-order valence-corrected chi connectivity index (χ3v) is 7.57. The minimum Gasteiger partial charge on any atom is -0.494 e. The van der Waals surface area contributed by atoms with Crippen molar-refractivity contribution in [1.29, 1.82) is 0 Å². The first-order chi connectivity index (χ1) is 22.2. The number of para-hydroxylation sites is 1. The van der Waals surface area contributed by atoms with E-state index in [1.54, 1.807) is 30.0 Å². The maximum atomic E-state index is 13.3. The SMILES string of the molecule is CCN/N=C(C)\C=C\c1nc2cccc(OC)c2n1CCCCn1c(NC(=O)c2cc(C)nn2CC)nc2cc(C(N)=O)ccc21. The number of imidazole rings is 2. The molecule has 2 amide bonds. The summed E-state index contributed by atoms with van der Waals surface area (Å²) in [6.07, 6.45) is 5.46. The highest BCUT2D eigenvalue weighted by Gasteiger charge is 2.19. The van der Waals surface area contributed by atoms with Crippen LogP contribution in [0.25, 0.3) is 28.1 Å². The Balaban J connectivity index is 1.41. The maximum absolute atomic E-state index is 13.3. The van der Waals surface area contributed by atoms with Gasteiger partial charge in [0.25, 0.3) is 5.91 Å². The van der Waals surface area contributed by atoms with Gasteiger partial charge in [0.05, 0.1) is 35.1 Å². The van der Waals surface area contributed by atoms with Crippen LogP contribution in [0.1, 0.15) is 66.0 Å². The number of hydrogen-bond acceptors (Lipinski definition) is 8. The first-order valence-corrected chi connectivity index (χ1v) is 15.4. The van der Waals surface area contributed by atoms with Crippen LogP contribution >= 0.6 is 0 Å². The molecule has 4 N–H and O–H groups in total. The Morgan fingerprint density at radius 2 is 1.83 bits per heavy atom. The Kier molecular flexibility index (Phi) is 9.79. The molecule has 5 rings (SSSR count). The lowest BCUT2D eigenvalue weighted by molar-refractivity contribution is 0.0996. The number of aryl methyl sites for hydroxylation is 4. The molecule has 0 saturated heterocycles. The molecule has 5 aromatic rings. The van der Waals surface area contributed by atoms with Crippen LogP contribution in [0.5, 0.6) is 5.75 Å². The van der Waals surface area contributed by atoms with E-state index in [0.717, 1.165) is 58.9 Å². The highest BCUT2D eigenvalue weighted by atomic mass is 16.5. The standard InChI is InChI=1S/C33H40N10O3/c1-6-35-39-21(3)13-16-29-36-24-11-10-12-28(46-5)30(24)42(29)18-9-8-17-41-26-15-14-23(31(34)44)20-25(26)37-33(41)38-32(45)27-19-22(4)40-43(27)7-2/h10-16,19-20,35H,6-9,17-18H2,1-5H3,(H2,34,44)(H,37,38,45)/b16-13+,39-21-. The third-order valence-electron chi connectivity index (χ3n) is 7.57. The lowest BCUT2D eigenvalue weighted by atomic mass is 10.2. The van der Waals surface area contributed by atoms with Gasteiger partial charge in [-0.25, -0.2) is 9.97 Å². The van der Waals surface area contributed by atoms with Crippen molar-refractivity contribution in [2.24, 2.45) is 10.8 Å². The molecule has 0 atom stereocenters. The molecular weight excluding hydrogens is 584 g/mol. The molecule has 0 bridgehead atoms. The van der Waals surface area contributed by atoms with Gasteiger partial charge in [0.15, 0.2) is 0 Å². The first kappa shape index (κ1) is 31.9. The number of fused-ring (bicyclic) bond motifs is 2. The quantitative estimate of drug-likeness (QED) is 0.0913. The number of unbranched alkanes of at least 4 members (excludes halogenated alkanes) is 1. The fraction of sp³-hybridized carbons (Fsp3) is 0.333. The van der Waals surface area contributed by atoms with Gasteiger partial charge in [-0.05, 0) is 89.1 Å². The molecule has 0 aliphatic heterocycles. The van der Waals surface area contributed by atoms with Crippen LogP contribution in [-0.4, -0.2) is 60.1 Å². The average molecular weight is 625 g/mol. The number of methoxy groups -OCH3 is 1. The van der Waals surface area contributed by atoms with E-state index >= 15 is 0 Å². The zero-order valence-corrected chi connectivity index (χ0v) is 26.9. The molecule has 0 aliphatic carbocycles. The summed E-state index contributed by atoms with van der Waals surface area (Å²) in [4.78, 5) is 34.8. The molecule has 240 valence electrons. The van der Waals surface area contributed by atoms with Crippen molar-refractivity contribution in [3.63, 3.8) is 0 Å². The minimum absolute atomic E-state index is 0.310. The van der Waals surface area contributed by atoms with Crippen LogP contribution in [0.3, 0.4) is 0 Å².